The second-order valence-electron chi connectivity index (χ2n) is 4.95. The Morgan fingerprint density at radius 2 is 2.41 bits per heavy atom. The third-order valence-corrected chi connectivity index (χ3v) is 4.13. The van der Waals surface area contributed by atoms with Crippen LogP contribution in [0.2, 0.25) is 0 Å². The monoisotopic (exact) mass is 236 g/mol. The molecular weight excluding hydrogens is 220 g/mol. The minimum atomic E-state index is -0.653. The van der Waals surface area contributed by atoms with Crippen LogP contribution in [0.5, 0.6) is 0 Å². The summed E-state index contributed by atoms with van der Waals surface area (Å²) in [6, 6.07) is 0.604. The van der Waals surface area contributed by atoms with E-state index in [2.05, 4.69) is 15.0 Å². The molecule has 2 aliphatic heterocycles. The minimum Gasteiger partial charge on any atom is -0.481 e. The van der Waals surface area contributed by atoms with Crippen molar-refractivity contribution in [3.63, 3.8) is 0 Å². The number of nitrogens with zero attached hydrogens (tertiary/aromatic N) is 4. The maximum absolute atomic E-state index is 11.1. The average molecular weight is 236 g/mol. The number of carboxylic acids is 1. The Kier molecular flexibility index (Phi) is 2.39. The number of fused-ring (bicyclic) bond motifs is 2. The first-order valence-corrected chi connectivity index (χ1v) is 5.98. The maximum Gasteiger partial charge on any atom is 0.308 e. The lowest BCUT2D eigenvalue weighted by atomic mass is 9.89. The van der Waals surface area contributed by atoms with E-state index < -0.39 is 5.97 Å². The minimum absolute atomic E-state index is 0.189. The highest BCUT2D eigenvalue weighted by molar-refractivity contribution is 5.71. The van der Waals surface area contributed by atoms with Gasteiger partial charge in [0, 0.05) is 19.1 Å². The number of aryl methyl sites for hydroxylation is 1. The highest BCUT2D eigenvalue weighted by Gasteiger charge is 2.49. The van der Waals surface area contributed by atoms with Gasteiger partial charge in [0.25, 0.3) is 0 Å². The Labute approximate surface area is 99.2 Å². The second-order valence-corrected chi connectivity index (χ2v) is 4.95. The van der Waals surface area contributed by atoms with Crippen LogP contribution in [0.4, 0.5) is 0 Å². The van der Waals surface area contributed by atoms with E-state index >= 15 is 0 Å². The number of carboxylic acid groups (broad SMARTS) is 1. The van der Waals surface area contributed by atoms with Crippen LogP contribution in [0, 0.1) is 5.92 Å². The Morgan fingerprint density at radius 1 is 1.59 bits per heavy atom. The quantitative estimate of drug-likeness (QED) is 0.814. The molecule has 1 aromatic heterocycles. The first kappa shape index (κ1) is 10.7. The van der Waals surface area contributed by atoms with Crippen LogP contribution < -0.4 is 0 Å². The lowest BCUT2D eigenvalue weighted by Gasteiger charge is -2.21. The van der Waals surface area contributed by atoms with Crippen LogP contribution in [0.25, 0.3) is 0 Å². The van der Waals surface area contributed by atoms with E-state index in [0.717, 1.165) is 31.6 Å². The fraction of sp³-hybridized carbons (Fsp3) is 0.727. The molecule has 1 aromatic rings. The summed E-state index contributed by atoms with van der Waals surface area (Å²) >= 11 is 0. The molecule has 0 saturated carbocycles. The average Bonchev–Trinajstić information content (AvgIpc) is 2.96. The van der Waals surface area contributed by atoms with E-state index in [9.17, 15) is 9.90 Å². The zero-order valence-corrected chi connectivity index (χ0v) is 9.78. The van der Waals surface area contributed by atoms with Crippen molar-refractivity contribution in [2.24, 2.45) is 13.0 Å². The molecule has 0 aliphatic carbocycles. The third kappa shape index (κ3) is 1.63. The van der Waals surface area contributed by atoms with Gasteiger partial charge in [-0.3, -0.25) is 14.4 Å². The smallest absolute Gasteiger partial charge is 0.308 e. The number of carbonyl (C=O) groups is 1. The van der Waals surface area contributed by atoms with Crippen LogP contribution >= 0.6 is 0 Å². The molecule has 3 rings (SSSR count). The maximum atomic E-state index is 11.1. The summed E-state index contributed by atoms with van der Waals surface area (Å²) in [6.45, 7) is 0.718. The van der Waals surface area contributed by atoms with Gasteiger partial charge in [-0.15, -0.1) is 0 Å². The van der Waals surface area contributed by atoms with Gasteiger partial charge in [0.1, 0.15) is 12.2 Å². The highest BCUT2D eigenvalue weighted by Crippen LogP contribution is 2.42. The van der Waals surface area contributed by atoms with Gasteiger partial charge in [0.15, 0.2) is 0 Å². The molecular formula is C11H16N4O2. The zero-order valence-electron chi connectivity index (χ0n) is 9.78. The summed E-state index contributed by atoms with van der Waals surface area (Å²) in [4.78, 5) is 17.6. The Balaban J connectivity index is 1.77. The van der Waals surface area contributed by atoms with Crippen molar-refractivity contribution in [3.8, 4) is 0 Å². The lowest BCUT2D eigenvalue weighted by molar-refractivity contribution is -0.142. The van der Waals surface area contributed by atoms with Gasteiger partial charge < -0.3 is 5.11 Å². The molecule has 0 amide bonds. The van der Waals surface area contributed by atoms with Crippen LogP contribution in [-0.2, 0) is 18.4 Å². The van der Waals surface area contributed by atoms with E-state index in [4.69, 9.17) is 0 Å². The molecule has 0 radical (unpaired) electrons. The highest BCUT2D eigenvalue weighted by atomic mass is 16.4. The molecule has 3 heterocycles. The van der Waals surface area contributed by atoms with Crippen molar-refractivity contribution in [1.82, 2.24) is 19.7 Å². The molecule has 92 valence electrons. The summed E-state index contributed by atoms with van der Waals surface area (Å²) in [6.07, 6.45) is 4.45. The SMILES string of the molecule is Cn1ncnc1CN1C2CCC1C(C(=O)O)C2. The number of rotatable bonds is 3. The standard InChI is InChI=1S/C11H16N4O2/c1-14-10(12-6-13-14)5-15-7-2-3-9(15)8(4-7)11(16)17/h6-9H,2-5H2,1H3,(H,16,17). The Hall–Kier alpha value is -1.43. The zero-order chi connectivity index (χ0) is 12.0. The van der Waals surface area contributed by atoms with Crippen LogP contribution in [0.1, 0.15) is 25.1 Å². The van der Waals surface area contributed by atoms with E-state index in [1.807, 2.05) is 7.05 Å². The van der Waals surface area contributed by atoms with Crippen LogP contribution in [0.3, 0.4) is 0 Å². The van der Waals surface area contributed by atoms with Crippen molar-refractivity contribution in [3.05, 3.63) is 12.2 Å². The van der Waals surface area contributed by atoms with E-state index in [0.29, 0.717) is 6.04 Å². The second kappa shape index (κ2) is 3.80. The number of aliphatic carboxylic acids is 1. The molecule has 2 saturated heterocycles. The Morgan fingerprint density at radius 3 is 3.00 bits per heavy atom. The van der Waals surface area contributed by atoms with Crippen molar-refractivity contribution >= 4 is 5.97 Å². The molecule has 17 heavy (non-hydrogen) atoms. The van der Waals surface area contributed by atoms with Crippen LogP contribution in [-0.4, -0.2) is 42.8 Å². The third-order valence-electron chi connectivity index (χ3n) is 4.13. The van der Waals surface area contributed by atoms with Crippen molar-refractivity contribution < 1.29 is 9.90 Å². The summed E-state index contributed by atoms with van der Waals surface area (Å²) in [5, 5.41) is 13.2. The fourth-order valence-electron chi connectivity index (χ4n) is 3.24. The molecule has 6 nitrogen and oxygen atoms in total. The van der Waals surface area contributed by atoms with Crippen molar-refractivity contribution in [1.29, 1.82) is 0 Å². The van der Waals surface area contributed by atoms with Gasteiger partial charge >= 0.3 is 5.97 Å². The molecule has 6 heteroatoms. The van der Waals surface area contributed by atoms with Gasteiger partial charge in [-0.25, -0.2) is 4.98 Å². The van der Waals surface area contributed by atoms with E-state index in [1.165, 1.54) is 0 Å². The van der Waals surface area contributed by atoms with Gasteiger partial charge in [0.05, 0.1) is 12.5 Å². The summed E-state index contributed by atoms with van der Waals surface area (Å²) in [7, 11) is 1.87. The number of hydrogen-bond acceptors (Lipinski definition) is 4. The van der Waals surface area contributed by atoms with Gasteiger partial charge in [0.2, 0.25) is 0 Å². The molecule has 3 unspecified atom stereocenters. The predicted molar refractivity (Wildman–Crippen MR) is 59.1 cm³/mol. The lowest BCUT2D eigenvalue weighted by Crippen LogP contribution is -2.33. The molecule has 1 N–H and O–H groups in total. The van der Waals surface area contributed by atoms with Gasteiger partial charge in [-0.05, 0) is 19.3 Å². The molecule has 2 fully saturated rings. The Bertz CT molecular complexity index is 444. The molecule has 0 spiro atoms. The van der Waals surface area contributed by atoms with Gasteiger partial charge in [-0.1, -0.05) is 0 Å². The summed E-state index contributed by atoms with van der Waals surface area (Å²) in [5.74, 6) is 0.0649. The van der Waals surface area contributed by atoms with Crippen molar-refractivity contribution in [2.45, 2.75) is 37.9 Å². The molecule has 2 aliphatic rings. The molecule has 2 bridgehead atoms. The van der Waals surface area contributed by atoms with Crippen molar-refractivity contribution in [2.75, 3.05) is 0 Å². The number of hydrogen-bond donors (Lipinski definition) is 1. The van der Waals surface area contributed by atoms with E-state index in [-0.39, 0.29) is 12.0 Å². The van der Waals surface area contributed by atoms with Gasteiger partial charge in [-0.2, -0.15) is 5.10 Å². The number of aromatic nitrogens is 3. The fourth-order valence-corrected chi connectivity index (χ4v) is 3.24. The molecule has 3 atom stereocenters. The predicted octanol–water partition coefficient (Wildman–Crippen LogP) is 0.253. The topological polar surface area (TPSA) is 71.2 Å². The summed E-state index contributed by atoms with van der Waals surface area (Å²) < 4.78 is 1.76. The largest absolute Gasteiger partial charge is 0.481 e. The normalized spacial score (nSPS) is 32.2. The first-order chi connectivity index (χ1) is 8.16. The van der Waals surface area contributed by atoms with Crippen LogP contribution in [0.15, 0.2) is 6.33 Å². The molecule has 0 aromatic carbocycles. The first-order valence-electron chi connectivity index (χ1n) is 5.98. The van der Waals surface area contributed by atoms with E-state index in [1.54, 1.807) is 11.0 Å². The summed E-state index contributed by atoms with van der Waals surface area (Å²) in [5.41, 5.74) is 0.